The minimum absolute atomic E-state index is 0.0441. The number of carbonyl (C=O) groups excluding carboxylic acids is 1. The number of hydrogen-bond acceptors (Lipinski definition) is 3. The summed E-state index contributed by atoms with van der Waals surface area (Å²) in [7, 11) is -3.14. The maximum absolute atomic E-state index is 13.1. The van der Waals surface area contributed by atoms with E-state index in [0.29, 0.717) is 32.6 Å². The molecule has 0 unspecified atom stereocenters. The molecular formula is C18H16Cl3NO3S. The van der Waals surface area contributed by atoms with Gasteiger partial charge in [0.2, 0.25) is 0 Å². The Kier molecular flexibility index (Phi) is 5.82. The zero-order valence-electron chi connectivity index (χ0n) is 13.7. The van der Waals surface area contributed by atoms with Gasteiger partial charge in [0.25, 0.3) is 5.91 Å². The van der Waals surface area contributed by atoms with Gasteiger partial charge in [0.05, 0.1) is 11.5 Å². The van der Waals surface area contributed by atoms with Crippen LogP contribution in [0.1, 0.15) is 22.3 Å². The molecule has 1 aliphatic heterocycles. The van der Waals surface area contributed by atoms with E-state index < -0.39 is 15.9 Å². The first-order chi connectivity index (χ1) is 12.2. The van der Waals surface area contributed by atoms with Gasteiger partial charge in [-0.05, 0) is 48.4 Å². The van der Waals surface area contributed by atoms with Crippen LogP contribution < -0.4 is 0 Å². The molecule has 138 valence electrons. The zero-order chi connectivity index (χ0) is 18.9. The minimum Gasteiger partial charge on any atom is -0.330 e. The maximum Gasteiger partial charge on any atom is 0.254 e. The van der Waals surface area contributed by atoms with E-state index >= 15 is 0 Å². The van der Waals surface area contributed by atoms with Gasteiger partial charge in [-0.2, -0.15) is 0 Å². The average Bonchev–Trinajstić information content (AvgIpc) is 2.94. The largest absolute Gasteiger partial charge is 0.330 e. The average molecular weight is 433 g/mol. The first-order valence-corrected chi connectivity index (χ1v) is 10.9. The number of amides is 1. The van der Waals surface area contributed by atoms with Crippen LogP contribution in [0.5, 0.6) is 0 Å². The molecule has 1 atom stereocenters. The third-order valence-corrected chi connectivity index (χ3v) is 6.95. The Bertz CT molecular complexity index is 929. The molecule has 1 saturated heterocycles. The summed E-state index contributed by atoms with van der Waals surface area (Å²) in [6, 6.07) is 11.2. The van der Waals surface area contributed by atoms with Crippen LogP contribution in [0.15, 0.2) is 42.5 Å². The Morgan fingerprint density at radius 2 is 1.69 bits per heavy atom. The van der Waals surface area contributed by atoms with Gasteiger partial charge in [0, 0.05) is 33.2 Å². The van der Waals surface area contributed by atoms with Gasteiger partial charge in [0.1, 0.15) is 0 Å². The molecule has 0 radical (unpaired) electrons. The van der Waals surface area contributed by atoms with Gasteiger partial charge < -0.3 is 4.90 Å². The first-order valence-electron chi connectivity index (χ1n) is 7.96. The van der Waals surface area contributed by atoms with E-state index in [4.69, 9.17) is 34.8 Å². The van der Waals surface area contributed by atoms with Gasteiger partial charge in [0.15, 0.2) is 9.84 Å². The lowest BCUT2D eigenvalue weighted by Gasteiger charge is -2.29. The third kappa shape index (κ3) is 4.52. The lowest BCUT2D eigenvalue weighted by Crippen LogP contribution is -2.40. The predicted octanol–water partition coefficient (Wildman–Crippen LogP) is 4.48. The minimum atomic E-state index is -3.14. The lowest BCUT2D eigenvalue weighted by molar-refractivity contribution is 0.0681. The summed E-state index contributed by atoms with van der Waals surface area (Å²) in [4.78, 5) is 14.6. The number of carbonyl (C=O) groups is 1. The van der Waals surface area contributed by atoms with Gasteiger partial charge in [-0.1, -0.05) is 40.9 Å². The molecule has 0 N–H and O–H groups in total. The molecule has 1 fully saturated rings. The van der Waals surface area contributed by atoms with Crippen LogP contribution in [-0.2, 0) is 16.4 Å². The summed E-state index contributed by atoms with van der Waals surface area (Å²) in [6.07, 6.45) is 0.410. The molecule has 2 aromatic carbocycles. The normalized spacial score (nSPS) is 18.7. The van der Waals surface area contributed by atoms with Crippen LogP contribution in [-0.4, -0.2) is 36.8 Å². The van der Waals surface area contributed by atoms with E-state index in [1.54, 1.807) is 47.4 Å². The number of benzene rings is 2. The van der Waals surface area contributed by atoms with Crippen LogP contribution in [0.25, 0.3) is 0 Å². The van der Waals surface area contributed by atoms with Crippen molar-refractivity contribution in [2.75, 3.05) is 11.5 Å². The Morgan fingerprint density at radius 1 is 1.04 bits per heavy atom. The predicted molar refractivity (Wildman–Crippen MR) is 105 cm³/mol. The Labute approximate surface area is 167 Å². The third-order valence-electron chi connectivity index (χ3n) is 4.36. The van der Waals surface area contributed by atoms with Crippen molar-refractivity contribution in [2.45, 2.75) is 19.0 Å². The fraction of sp³-hybridized carbons (Fsp3) is 0.278. The van der Waals surface area contributed by atoms with E-state index in [-0.39, 0.29) is 24.0 Å². The number of hydrogen-bond donors (Lipinski definition) is 0. The second-order valence-corrected chi connectivity index (χ2v) is 9.74. The summed E-state index contributed by atoms with van der Waals surface area (Å²) >= 11 is 18.1. The van der Waals surface area contributed by atoms with Gasteiger partial charge in [-0.15, -0.1) is 0 Å². The van der Waals surface area contributed by atoms with Crippen molar-refractivity contribution in [1.82, 2.24) is 4.90 Å². The molecule has 3 rings (SSSR count). The molecule has 2 aromatic rings. The van der Waals surface area contributed by atoms with E-state index in [1.165, 1.54) is 0 Å². The van der Waals surface area contributed by atoms with Crippen molar-refractivity contribution in [3.05, 3.63) is 68.7 Å². The van der Waals surface area contributed by atoms with Crippen LogP contribution in [0.2, 0.25) is 15.1 Å². The first kappa shape index (κ1) is 19.5. The van der Waals surface area contributed by atoms with Crippen molar-refractivity contribution >= 4 is 50.5 Å². The molecule has 0 bridgehead atoms. The lowest BCUT2D eigenvalue weighted by atomic mass is 10.1. The van der Waals surface area contributed by atoms with Crippen molar-refractivity contribution in [1.29, 1.82) is 0 Å². The molecule has 0 aliphatic carbocycles. The van der Waals surface area contributed by atoms with Crippen molar-refractivity contribution < 1.29 is 13.2 Å². The van der Waals surface area contributed by atoms with E-state index in [0.717, 1.165) is 0 Å². The molecule has 0 saturated carbocycles. The summed E-state index contributed by atoms with van der Waals surface area (Å²) in [5.41, 5.74) is 1.16. The van der Waals surface area contributed by atoms with Crippen molar-refractivity contribution in [3.8, 4) is 0 Å². The van der Waals surface area contributed by atoms with Crippen molar-refractivity contribution in [3.63, 3.8) is 0 Å². The van der Waals surface area contributed by atoms with Crippen LogP contribution in [0.3, 0.4) is 0 Å². The van der Waals surface area contributed by atoms with Crippen LogP contribution in [0, 0.1) is 0 Å². The summed E-state index contributed by atoms with van der Waals surface area (Å²) in [5, 5.41) is 1.46. The second kappa shape index (κ2) is 7.77. The molecule has 8 heteroatoms. The monoisotopic (exact) mass is 431 g/mol. The summed E-state index contributed by atoms with van der Waals surface area (Å²) in [6.45, 7) is 0.206. The summed E-state index contributed by atoms with van der Waals surface area (Å²) < 4.78 is 23.8. The Hall–Kier alpha value is -1.27. The molecule has 1 aliphatic rings. The van der Waals surface area contributed by atoms with Gasteiger partial charge in [-0.3, -0.25) is 4.79 Å². The highest BCUT2D eigenvalue weighted by molar-refractivity contribution is 7.91. The van der Waals surface area contributed by atoms with Crippen molar-refractivity contribution in [2.24, 2.45) is 0 Å². The molecule has 1 amide bonds. The molecular weight excluding hydrogens is 417 g/mol. The van der Waals surface area contributed by atoms with Gasteiger partial charge >= 0.3 is 0 Å². The smallest absolute Gasteiger partial charge is 0.254 e. The fourth-order valence-electron chi connectivity index (χ4n) is 2.98. The summed E-state index contributed by atoms with van der Waals surface area (Å²) in [5.74, 6) is -0.219. The molecule has 0 spiro atoms. The number of nitrogens with zero attached hydrogens (tertiary/aromatic N) is 1. The highest BCUT2D eigenvalue weighted by atomic mass is 35.5. The fourth-order valence-corrected chi connectivity index (χ4v) is 5.30. The Morgan fingerprint density at radius 3 is 2.27 bits per heavy atom. The molecule has 26 heavy (non-hydrogen) atoms. The highest BCUT2D eigenvalue weighted by Crippen LogP contribution is 2.27. The number of rotatable bonds is 4. The number of halogens is 3. The quantitative estimate of drug-likeness (QED) is 0.716. The standard InChI is InChI=1S/C18H16Cl3NO3S/c19-14-4-1-12(2-5-14)18(23)22(16-7-8-26(24,25)11-16)10-13-3-6-15(20)9-17(13)21/h1-6,9,16H,7-8,10-11H2/t16-/m1/s1. The van der Waals surface area contributed by atoms with E-state index in [2.05, 4.69) is 0 Å². The zero-order valence-corrected chi connectivity index (χ0v) is 16.7. The van der Waals surface area contributed by atoms with E-state index in [1.807, 2.05) is 0 Å². The number of sulfone groups is 1. The molecule has 4 nitrogen and oxygen atoms in total. The van der Waals surface area contributed by atoms with Gasteiger partial charge in [-0.25, -0.2) is 8.42 Å². The topological polar surface area (TPSA) is 54.5 Å². The highest BCUT2D eigenvalue weighted by Gasteiger charge is 2.35. The molecule has 1 heterocycles. The van der Waals surface area contributed by atoms with Crippen LogP contribution in [0.4, 0.5) is 0 Å². The second-order valence-electron chi connectivity index (χ2n) is 6.23. The SMILES string of the molecule is O=C(c1ccc(Cl)cc1)N(Cc1ccc(Cl)cc1Cl)[C@@H]1CCS(=O)(=O)C1. The maximum atomic E-state index is 13.1. The van der Waals surface area contributed by atoms with Crippen LogP contribution >= 0.6 is 34.8 Å². The van der Waals surface area contributed by atoms with E-state index in [9.17, 15) is 13.2 Å². The Balaban J connectivity index is 1.93. The molecule has 0 aromatic heterocycles.